The molecular formula is C35H42FN3O5. The molecule has 2 N–H and O–H groups in total. The van der Waals surface area contributed by atoms with Gasteiger partial charge in [0.2, 0.25) is 0 Å². The second-order valence-electron chi connectivity index (χ2n) is 11.2. The SMILES string of the molecule is CCCCN(CCCC)c1ccc(C(=O)c2ccccc2C(=O)O)c(OCC(=O)C2CN(Cc3ccc(F)cc3)CCN2)c1. The van der Waals surface area contributed by atoms with E-state index in [2.05, 4.69) is 29.0 Å². The molecule has 1 aliphatic rings. The Kier molecular flexibility index (Phi) is 12.0. The number of carboxylic acid groups (broad SMARTS) is 1. The second-order valence-corrected chi connectivity index (χ2v) is 11.2. The number of Topliss-reactive ketones (excluding diaryl/α,β-unsaturated/α-hetero) is 1. The third-order valence-corrected chi connectivity index (χ3v) is 7.88. The molecule has 234 valence electrons. The number of piperazine rings is 1. The molecule has 1 heterocycles. The van der Waals surface area contributed by atoms with Gasteiger partial charge in [0.15, 0.2) is 11.6 Å². The summed E-state index contributed by atoms with van der Waals surface area (Å²) < 4.78 is 19.5. The van der Waals surface area contributed by atoms with Crippen molar-refractivity contribution in [3.05, 3.63) is 94.8 Å². The molecule has 1 fully saturated rings. The average Bonchev–Trinajstić information content (AvgIpc) is 3.04. The Hall–Kier alpha value is -4.08. The van der Waals surface area contributed by atoms with Crippen LogP contribution in [0.4, 0.5) is 10.1 Å². The van der Waals surface area contributed by atoms with Gasteiger partial charge in [-0.2, -0.15) is 0 Å². The zero-order valence-electron chi connectivity index (χ0n) is 25.6. The van der Waals surface area contributed by atoms with Gasteiger partial charge in [0.25, 0.3) is 0 Å². The van der Waals surface area contributed by atoms with E-state index in [1.165, 1.54) is 24.3 Å². The first-order valence-corrected chi connectivity index (χ1v) is 15.4. The first kappa shape index (κ1) is 32.8. The summed E-state index contributed by atoms with van der Waals surface area (Å²) in [4.78, 5) is 43.4. The maximum Gasteiger partial charge on any atom is 0.336 e. The number of carboxylic acids is 1. The summed E-state index contributed by atoms with van der Waals surface area (Å²) in [6, 6.07) is 17.3. The van der Waals surface area contributed by atoms with Crippen LogP contribution in [-0.4, -0.2) is 72.9 Å². The second kappa shape index (κ2) is 16.1. The number of ketones is 2. The van der Waals surface area contributed by atoms with Crippen molar-refractivity contribution in [1.29, 1.82) is 0 Å². The number of rotatable bonds is 16. The smallest absolute Gasteiger partial charge is 0.336 e. The van der Waals surface area contributed by atoms with Crippen molar-refractivity contribution in [2.24, 2.45) is 0 Å². The standard InChI is InChI=1S/C35H42FN3O5/c1-3-5-18-39(19-6-4-2)27-15-16-30(34(41)28-9-7-8-10-29(28)35(42)43)33(21-27)44-24-32(40)31-23-38(20-17-37-31)22-25-11-13-26(36)14-12-25/h7-16,21,31,37H,3-6,17-20,22-24H2,1-2H3,(H,42,43). The first-order valence-electron chi connectivity index (χ1n) is 15.4. The molecule has 0 amide bonds. The van der Waals surface area contributed by atoms with Gasteiger partial charge in [-0.25, -0.2) is 9.18 Å². The predicted molar refractivity (Wildman–Crippen MR) is 169 cm³/mol. The van der Waals surface area contributed by atoms with Crippen LogP contribution in [0.2, 0.25) is 0 Å². The van der Waals surface area contributed by atoms with Crippen molar-refractivity contribution in [2.75, 3.05) is 44.2 Å². The van der Waals surface area contributed by atoms with Crippen molar-refractivity contribution in [2.45, 2.75) is 52.1 Å². The van der Waals surface area contributed by atoms with E-state index in [1.54, 1.807) is 36.4 Å². The highest BCUT2D eigenvalue weighted by molar-refractivity contribution is 6.15. The number of ether oxygens (including phenoxy) is 1. The molecule has 8 nitrogen and oxygen atoms in total. The lowest BCUT2D eigenvalue weighted by Gasteiger charge is -2.33. The van der Waals surface area contributed by atoms with E-state index in [-0.39, 0.29) is 40.6 Å². The molecule has 4 rings (SSSR count). The molecule has 44 heavy (non-hydrogen) atoms. The van der Waals surface area contributed by atoms with Crippen LogP contribution in [-0.2, 0) is 11.3 Å². The lowest BCUT2D eigenvalue weighted by Crippen LogP contribution is -2.54. The lowest BCUT2D eigenvalue weighted by molar-refractivity contribution is -0.124. The maximum atomic E-state index is 13.7. The number of nitrogens with zero attached hydrogens (tertiary/aromatic N) is 2. The molecule has 9 heteroatoms. The number of benzene rings is 3. The molecule has 0 spiro atoms. The van der Waals surface area contributed by atoms with Gasteiger partial charge < -0.3 is 20.1 Å². The van der Waals surface area contributed by atoms with Crippen LogP contribution in [0.5, 0.6) is 5.75 Å². The molecule has 0 aliphatic carbocycles. The summed E-state index contributed by atoms with van der Waals surface area (Å²) >= 11 is 0. The number of anilines is 1. The molecule has 1 unspecified atom stereocenters. The Balaban J connectivity index is 1.56. The quantitative estimate of drug-likeness (QED) is 0.205. The first-order chi connectivity index (χ1) is 21.3. The fourth-order valence-corrected chi connectivity index (χ4v) is 5.36. The zero-order valence-corrected chi connectivity index (χ0v) is 25.6. The Morgan fingerprint density at radius 2 is 1.64 bits per heavy atom. The molecule has 0 bridgehead atoms. The summed E-state index contributed by atoms with van der Waals surface area (Å²) in [6.45, 7) is 8.15. The third kappa shape index (κ3) is 8.74. The topological polar surface area (TPSA) is 99.2 Å². The zero-order chi connectivity index (χ0) is 31.5. The Morgan fingerprint density at radius 3 is 2.30 bits per heavy atom. The minimum Gasteiger partial charge on any atom is -0.485 e. The summed E-state index contributed by atoms with van der Waals surface area (Å²) in [6.07, 6.45) is 4.09. The Bertz CT molecular complexity index is 1420. The fourth-order valence-electron chi connectivity index (χ4n) is 5.36. The normalized spacial score (nSPS) is 15.1. The number of halogens is 1. The monoisotopic (exact) mass is 603 g/mol. The Morgan fingerprint density at radius 1 is 0.955 bits per heavy atom. The van der Waals surface area contributed by atoms with Crippen molar-refractivity contribution >= 4 is 23.2 Å². The number of nitrogens with one attached hydrogen (secondary N) is 1. The van der Waals surface area contributed by atoms with Gasteiger partial charge in [0.05, 0.1) is 17.2 Å². The molecule has 1 saturated heterocycles. The molecule has 1 atom stereocenters. The summed E-state index contributed by atoms with van der Waals surface area (Å²) in [5.41, 5.74) is 2.02. The van der Waals surface area contributed by atoms with Crippen LogP contribution in [0.15, 0.2) is 66.7 Å². The maximum absolute atomic E-state index is 13.7. The van der Waals surface area contributed by atoms with Crippen LogP contribution in [0.3, 0.4) is 0 Å². The summed E-state index contributed by atoms with van der Waals surface area (Å²) in [5.74, 6) is -1.86. The Labute approximate surface area is 258 Å². The number of aromatic carboxylic acids is 1. The van der Waals surface area contributed by atoms with Gasteiger partial charge >= 0.3 is 5.97 Å². The van der Waals surface area contributed by atoms with Crippen molar-refractivity contribution < 1.29 is 28.6 Å². The van der Waals surface area contributed by atoms with Gasteiger partial charge in [-0.1, -0.05) is 57.0 Å². The van der Waals surface area contributed by atoms with E-state index in [0.29, 0.717) is 19.6 Å². The van der Waals surface area contributed by atoms with Crippen LogP contribution < -0.4 is 15.0 Å². The van der Waals surface area contributed by atoms with E-state index in [0.717, 1.165) is 56.6 Å². The number of hydrogen-bond acceptors (Lipinski definition) is 7. The average molecular weight is 604 g/mol. The summed E-state index contributed by atoms with van der Waals surface area (Å²) in [5, 5.41) is 13.0. The minimum absolute atomic E-state index is 0.0585. The lowest BCUT2D eigenvalue weighted by atomic mass is 9.97. The number of hydrogen-bond donors (Lipinski definition) is 2. The highest BCUT2D eigenvalue weighted by atomic mass is 19.1. The van der Waals surface area contributed by atoms with Crippen LogP contribution in [0, 0.1) is 5.82 Å². The molecule has 3 aromatic rings. The van der Waals surface area contributed by atoms with E-state index in [4.69, 9.17) is 4.74 Å². The molecular weight excluding hydrogens is 561 g/mol. The van der Waals surface area contributed by atoms with Crippen molar-refractivity contribution in [1.82, 2.24) is 10.2 Å². The van der Waals surface area contributed by atoms with E-state index in [1.807, 2.05) is 6.07 Å². The van der Waals surface area contributed by atoms with Gasteiger partial charge in [0.1, 0.15) is 18.2 Å². The molecule has 3 aromatic carbocycles. The minimum atomic E-state index is -1.19. The van der Waals surface area contributed by atoms with E-state index < -0.39 is 17.8 Å². The number of carbonyl (C=O) groups excluding carboxylic acids is 2. The molecule has 0 aromatic heterocycles. The number of carbonyl (C=O) groups is 3. The fraction of sp³-hybridized carbons (Fsp3) is 0.400. The highest BCUT2D eigenvalue weighted by Gasteiger charge is 2.27. The van der Waals surface area contributed by atoms with Gasteiger partial charge in [-0.15, -0.1) is 0 Å². The van der Waals surface area contributed by atoms with Crippen molar-refractivity contribution in [3.63, 3.8) is 0 Å². The summed E-state index contributed by atoms with van der Waals surface area (Å²) in [7, 11) is 0. The third-order valence-electron chi connectivity index (χ3n) is 7.88. The van der Waals surface area contributed by atoms with Gasteiger partial charge in [-0.05, 0) is 48.7 Å². The van der Waals surface area contributed by atoms with Crippen LogP contribution in [0.25, 0.3) is 0 Å². The highest BCUT2D eigenvalue weighted by Crippen LogP contribution is 2.30. The molecule has 0 saturated carbocycles. The van der Waals surface area contributed by atoms with Crippen LogP contribution >= 0.6 is 0 Å². The van der Waals surface area contributed by atoms with Crippen LogP contribution in [0.1, 0.15) is 71.4 Å². The predicted octanol–water partition coefficient (Wildman–Crippen LogP) is 5.58. The van der Waals surface area contributed by atoms with Gasteiger partial charge in [-0.3, -0.25) is 14.5 Å². The molecule has 1 aliphatic heterocycles. The van der Waals surface area contributed by atoms with E-state index in [9.17, 15) is 23.9 Å². The van der Waals surface area contributed by atoms with Gasteiger partial charge in [0, 0.05) is 56.6 Å². The van der Waals surface area contributed by atoms with E-state index >= 15 is 0 Å². The van der Waals surface area contributed by atoms with Crippen molar-refractivity contribution in [3.8, 4) is 5.75 Å². The molecule has 0 radical (unpaired) electrons. The number of unbranched alkanes of at least 4 members (excludes halogenated alkanes) is 2. The largest absolute Gasteiger partial charge is 0.485 e.